The van der Waals surface area contributed by atoms with Crippen molar-refractivity contribution in [1.29, 1.82) is 0 Å². The summed E-state index contributed by atoms with van der Waals surface area (Å²) < 4.78 is 0. The Morgan fingerprint density at radius 1 is 0.828 bits per heavy atom. The van der Waals surface area contributed by atoms with E-state index in [2.05, 4.69) is 96.0 Å². The molecule has 3 nitrogen and oxygen atoms in total. The Labute approximate surface area is 179 Å². The van der Waals surface area contributed by atoms with Crippen LogP contribution in [0.15, 0.2) is 84.9 Å². The molecule has 3 aromatic rings. The van der Waals surface area contributed by atoms with Crippen LogP contribution in [0.4, 0.5) is 5.69 Å². The maximum absolute atomic E-state index is 5.71. The number of nitrogens with one attached hydrogen (secondary N) is 2. The van der Waals surface area contributed by atoms with Gasteiger partial charge in [0.1, 0.15) is 6.04 Å². The number of hydrogen-bond donors (Lipinski definition) is 2. The highest BCUT2D eigenvalue weighted by molar-refractivity contribution is 7.80. The molecule has 0 amide bonds. The summed E-state index contributed by atoms with van der Waals surface area (Å²) in [6, 6.07) is 30.4. The average Bonchev–Trinajstić information content (AvgIpc) is 2.77. The molecule has 1 heterocycles. The lowest BCUT2D eigenvalue weighted by atomic mass is 9.96. The van der Waals surface area contributed by atoms with Crippen molar-refractivity contribution in [2.45, 2.75) is 13.0 Å². The summed E-state index contributed by atoms with van der Waals surface area (Å²) >= 11 is 5.71. The number of benzene rings is 3. The Balaban J connectivity index is 1.46. The maximum atomic E-state index is 5.71. The van der Waals surface area contributed by atoms with Crippen molar-refractivity contribution in [2.75, 3.05) is 31.5 Å². The van der Waals surface area contributed by atoms with Crippen molar-refractivity contribution >= 4 is 23.0 Å². The zero-order chi connectivity index (χ0) is 20.1. The van der Waals surface area contributed by atoms with Gasteiger partial charge in [-0.1, -0.05) is 78.9 Å². The molecular weight excluding hydrogens is 374 g/mol. The van der Waals surface area contributed by atoms with E-state index in [-0.39, 0.29) is 0 Å². The molecule has 0 radical (unpaired) electrons. The van der Waals surface area contributed by atoms with E-state index in [0.29, 0.717) is 6.04 Å². The normalized spacial score (nSPS) is 14.8. The van der Waals surface area contributed by atoms with Crippen LogP contribution in [0, 0.1) is 6.92 Å². The molecule has 0 aliphatic carbocycles. The van der Waals surface area contributed by atoms with Gasteiger partial charge in [0.2, 0.25) is 0 Å². The zero-order valence-corrected chi connectivity index (χ0v) is 17.7. The topological polar surface area (TPSA) is 19.7 Å². The van der Waals surface area contributed by atoms with Gasteiger partial charge >= 0.3 is 0 Å². The molecule has 148 valence electrons. The molecule has 1 aliphatic heterocycles. The van der Waals surface area contributed by atoms with Crippen molar-refractivity contribution in [1.82, 2.24) is 4.90 Å². The van der Waals surface area contributed by atoms with Crippen LogP contribution in [0.5, 0.6) is 0 Å². The molecule has 0 bridgehead atoms. The van der Waals surface area contributed by atoms with E-state index in [0.717, 1.165) is 37.0 Å². The summed E-state index contributed by atoms with van der Waals surface area (Å²) in [5.41, 5.74) is 5.07. The predicted molar refractivity (Wildman–Crippen MR) is 124 cm³/mol. The van der Waals surface area contributed by atoms with E-state index in [1.54, 1.807) is 4.90 Å². The molecular formula is C25H28N3S+. The minimum absolute atomic E-state index is 0.359. The number of anilines is 1. The second kappa shape index (κ2) is 9.21. The van der Waals surface area contributed by atoms with Crippen molar-refractivity contribution in [3.63, 3.8) is 0 Å². The first kappa shape index (κ1) is 19.6. The fraction of sp³-hybridized carbons (Fsp3) is 0.240. The molecule has 2 N–H and O–H groups in total. The molecule has 0 atom stereocenters. The molecule has 0 saturated carbocycles. The zero-order valence-electron chi connectivity index (χ0n) is 16.8. The largest absolute Gasteiger partial charge is 0.338 e. The summed E-state index contributed by atoms with van der Waals surface area (Å²) in [6.07, 6.45) is 0. The number of aryl methyl sites for hydroxylation is 1. The second-order valence-electron chi connectivity index (χ2n) is 7.64. The van der Waals surface area contributed by atoms with Gasteiger partial charge in [0.05, 0.1) is 26.2 Å². The van der Waals surface area contributed by atoms with Gasteiger partial charge in [-0.3, -0.25) is 0 Å². The highest BCUT2D eigenvalue weighted by Gasteiger charge is 2.30. The SMILES string of the molecule is Cc1ccccc1NC(=S)N1CC[NH+](C(c2ccccc2)c2ccccc2)CC1. The third-order valence-electron chi connectivity index (χ3n) is 5.75. The maximum Gasteiger partial charge on any atom is 0.173 e. The minimum Gasteiger partial charge on any atom is -0.338 e. The number of rotatable bonds is 4. The van der Waals surface area contributed by atoms with E-state index in [9.17, 15) is 0 Å². The van der Waals surface area contributed by atoms with Crippen LogP contribution < -0.4 is 10.2 Å². The van der Waals surface area contributed by atoms with Crippen LogP contribution in [0.25, 0.3) is 0 Å². The third-order valence-corrected chi connectivity index (χ3v) is 6.11. The average molecular weight is 403 g/mol. The van der Waals surface area contributed by atoms with Gasteiger partial charge in [0.15, 0.2) is 5.11 Å². The highest BCUT2D eigenvalue weighted by Crippen LogP contribution is 2.19. The monoisotopic (exact) mass is 402 g/mol. The van der Waals surface area contributed by atoms with Crippen molar-refractivity contribution in [2.24, 2.45) is 0 Å². The standard InChI is InChI=1S/C25H27N3S/c1-20-10-8-9-15-23(20)26-25(29)28-18-16-27(17-19-28)24(21-11-4-2-5-12-21)22-13-6-3-7-14-22/h2-15,24H,16-19H2,1H3,(H,26,29)/p+1. The molecule has 0 aromatic heterocycles. The van der Waals surface area contributed by atoms with Gasteiger partial charge in [-0.2, -0.15) is 0 Å². The minimum atomic E-state index is 0.359. The van der Waals surface area contributed by atoms with Crippen molar-refractivity contribution in [3.05, 3.63) is 102 Å². The smallest absolute Gasteiger partial charge is 0.173 e. The van der Waals surface area contributed by atoms with Gasteiger partial charge in [-0.05, 0) is 30.8 Å². The number of nitrogens with zero attached hydrogens (tertiary/aromatic N) is 1. The first-order valence-corrected chi connectivity index (χ1v) is 10.7. The summed E-state index contributed by atoms with van der Waals surface area (Å²) in [5.74, 6) is 0. The van der Waals surface area contributed by atoms with Gasteiger partial charge in [0.25, 0.3) is 0 Å². The fourth-order valence-corrected chi connectivity index (χ4v) is 4.44. The van der Waals surface area contributed by atoms with Crippen LogP contribution in [-0.4, -0.2) is 36.2 Å². The van der Waals surface area contributed by atoms with Gasteiger partial charge in [-0.25, -0.2) is 0 Å². The Morgan fingerprint density at radius 3 is 1.90 bits per heavy atom. The summed E-state index contributed by atoms with van der Waals surface area (Å²) in [5, 5.41) is 4.26. The summed E-state index contributed by atoms with van der Waals surface area (Å²) in [7, 11) is 0. The summed E-state index contributed by atoms with van der Waals surface area (Å²) in [4.78, 5) is 3.90. The lowest BCUT2D eigenvalue weighted by Gasteiger charge is -2.38. The molecule has 1 fully saturated rings. The van der Waals surface area contributed by atoms with Crippen molar-refractivity contribution < 1.29 is 4.90 Å². The van der Waals surface area contributed by atoms with Crippen LogP contribution in [-0.2, 0) is 0 Å². The molecule has 1 saturated heterocycles. The lowest BCUT2D eigenvalue weighted by molar-refractivity contribution is -0.929. The van der Waals surface area contributed by atoms with E-state index in [1.165, 1.54) is 16.7 Å². The van der Waals surface area contributed by atoms with Crippen molar-refractivity contribution in [3.8, 4) is 0 Å². The number of thiocarbonyl (C=S) groups is 1. The molecule has 0 spiro atoms. The van der Waals surface area contributed by atoms with Gasteiger partial charge in [-0.15, -0.1) is 0 Å². The first-order valence-electron chi connectivity index (χ1n) is 10.3. The number of para-hydroxylation sites is 1. The van der Waals surface area contributed by atoms with Crippen LogP contribution in [0.3, 0.4) is 0 Å². The molecule has 1 aliphatic rings. The Morgan fingerprint density at radius 2 is 1.34 bits per heavy atom. The first-order chi connectivity index (χ1) is 14.2. The number of hydrogen-bond acceptors (Lipinski definition) is 1. The van der Waals surface area contributed by atoms with E-state index in [1.807, 2.05) is 6.07 Å². The molecule has 4 rings (SSSR count). The highest BCUT2D eigenvalue weighted by atomic mass is 32.1. The molecule has 29 heavy (non-hydrogen) atoms. The third kappa shape index (κ3) is 4.66. The lowest BCUT2D eigenvalue weighted by Crippen LogP contribution is -3.15. The number of quaternary nitrogens is 1. The summed E-state index contributed by atoms with van der Waals surface area (Å²) in [6.45, 7) is 6.15. The van der Waals surface area contributed by atoms with Crippen LogP contribution >= 0.6 is 12.2 Å². The molecule has 4 heteroatoms. The van der Waals surface area contributed by atoms with E-state index in [4.69, 9.17) is 12.2 Å². The van der Waals surface area contributed by atoms with Crippen LogP contribution in [0.1, 0.15) is 22.7 Å². The van der Waals surface area contributed by atoms with E-state index < -0.39 is 0 Å². The Hall–Kier alpha value is -2.69. The Kier molecular flexibility index (Phi) is 6.23. The predicted octanol–water partition coefficient (Wildman–Crippen LogP) is 3.68. The van der Waals surface area contributed by atoms with E-state index >= 15 is 0 Å². The van der Waals surface area contributed by atoms with Gasteiger partial charge < -0.3 is 15.1 Å². The van der Waals surface area contributed by atoms with Crippen LogP contribution in [0.2, 0.25) is 0 Å². The molecule has 0 unspecified atom stereocenters. The Bertz CT molecular complexity index is 895. The molecule has 3 aromatic carbocycles. The fourth-order valence-electron chi connectivity index (χ4n) is 4.15. The van der Waals surface area contributed by atoms with Gasteiger partial charge in [0, 0.05) is 16.8 Å². The number of piperazine rings is 1. The quantitative estimate of drug-likeness (QED) is 0.650. The second-order valence-corrected chi connectivity index (χ2v) is 8.03.